The maximum atomic E-state index is 12.8. The van der Waals surface area contributed by atoms with Crippen molar-refractivity contribution < 1.29 is 19.1 Å². The van der Waals surface area contributed by atoms with Crippen LogP contribution >= 0.6 is 0 Å². The van der Waals surface area contributed by atoms with Crippen LogP contribution in [0.15, 0.2) is 60.7 Å². The zero-order chi connectivity index (χ0) is 23.8. The Labute approximate surface area is 194 Å². The summed E-state index contributed by atoms with van der Waals surface area (Å²) in [6, 6.07) is 18.7. The molecule has 0 aliphatic heterocycles. The van der Waals surface area contributed by atoms with Crippen molar-refractivity contribution in [3.8, 4) is 11.5 Å². The Morgan fingerprint density at radius 2 is 1.55 bits per heavy atom. The van der Waals surface area contributed by atoms with Crippen molar-refractivity contribution in [2.75, 3.05) is 26.1 Å². The second kappa shape index (κ2) is 11.2. The number of rotatable bonds is 9. The predicted molar refractivity (Wildman–Crippen MR) is 130 cm³/mol. The lowest BCUT2D eigenvalue weighted by Crippen LogP contribution is -2.27. The Balaban J connectivity index is 1.60. The number of aryl methyl sites for hydroxylation is 2. The minimum atomic E-state index is -0.238. The van der Waals surface area contributed by atoms with Crippen LogP contribution in [0.4, 0.5) is 5.69 Å². The molecule has 0 saturated heterocycles. The van der Waals surface area contributed by atoms with Gasteiger partial charge in [-0.3, -0.25) is 9.59 Å². The summed E-state index contributed by atoms with van der Waals surface area (Å²) in [4.78, 5) is 25.4. The van der Waals surface area contributed by atoms with Crippen molar-refractivity contribution in [3.63, 3.8) is 0 Å². The molecule has 6 heteroatoms. The maximum Gasteiger partial charge on any atom is 0.253 e. The smallest absolute Gasteiger partial charge is 0.253 e. The van der Waals surface area contributed by atoms with Crippen LogP contribution in [0.3, 0.4) is 0 Å². The minimum absolute atomic E-state index is 0.163. The predicted octanol–water partition coefficient (Wildman–Crippen LogP) is 4.47. The lowest BCUT2D eigenvalue weighted by molar-refractivity contribution is -0.115. The van der Waals surface area contributed by atoms with Crippen LogP contribution in [0.1, 0.15) is 32.6 Å². The molecule has 3 aromatic carbocycles. The van der Waals surface area contributed by atoms with Crippen LogP contribution in [-0.2, 0) is 17.6 Å². The zero-order valence-electron chi connectivity index (χ0n) is 19.5. The van der Waals surface area contributed by atoms with Crippen LogP contribution in [0.25, 0.3) is 0 Å². The third kappa shape index (κ3) is 6.35. The average molecular weight is 447 g/mol. The van der Waals surface area contributed by atoms with Crippen molar-refractivity contribution in [2.24, 2.45) is 0 Å². The standard InChI is InChI=1S/C27H30N2O4/c1-18-9-10-21(15-19(18)2)17-26(30)29-23-8-6-5-7-22(23)27(31)28-14-13-20-11-12-24(32-3)25(16-20)33-4/h5-12,15-16H,13-14,17H2,1-4H3,(H,28,31)(H,29,30). The summed E-state index contributed by atoms with van der Waals surface area (Å²) in [5, 5.41) is 5.81. The molecule has 3 rings (SSSR count). The Bertz CT molecular complexity index is 1140. The van der Waals surface area contributed by atoms with Gasteiger partial charge in [0.1, 0.15) is 0 Å². The number of ether oxygens (including phenoxy) is 2. The van der Waals surface area contributed by atoms with Gasteiger partial charge in [-0.05, 0) is 66.8 Å². The third-order valence-corrected chi connectivity index (χ3v) is 5.53. The molecule has 0 atom stereocenters. The van der Waals surface area contributed by atoms with Crippen LogP contribution in [0.2, 0.25) is 0 Å². The normalized spacial score (nSPS) is 10.4. The lowest BCUT2D eigenvalue weighted by Gasteiger charge is -2.13. The fourth-order valence-electron chi connectivity index (χ4n) is 3.54. The van der Waals surface area contributed by atoms with Crippen LogP contribution < -0.4 is 20.1 Å². The first-order valence-electron chi connectivity index (χ1n) is 10.9. The molecule has 0 unspecified atom stereocenters. The van der Waals surface area contributed by atoms with Crippen molar-refractivity contribution in [3.05, 3.63) is 88.5 Å². The van der Waals surface area contributed by atoms with Crippen LogP contribution in [0, 0.1) is 13.8 Å². The van der Waals surface area contributed by atoms with E-state index in [1.807, 2.05) is 50.2 Å². The number of amides is 2. The molecule has 6 nitrogen and oxygen atoms in total. The highest BCUT2D eigenvalue weighted by molar-refractivity contribution is 6.04. The molecule has 0 aliphatic carbocycles. The highest BCUT2D eigenvalue weighted by Crippen LogP contribution is 2.27. The van der Waals surface area contributed by atoms with Crippen molar-refractivity contribution >= 4 is 17.5 Å². The van der Waals surface area contributed by atoms with Gasteiger partial charge in [0.2, 0.25) is 5.91 Å². The molecule has 0 heterocycles. The Hall–Kier alpha value is -3.80. The highest BCUT2D eigenvalue weighted by atomic mass is 16.5. The molecule has 3 aromatic rings. The van der Waals surface area contributed by atoms with E-state index in [4.69, 9.17) is 9.47 Å². The van der Waals surface area contributed by atoms with Gasteiger partial charge in [-0.15, -0.1) is 0 Å². The fourth-order valence-corrected chi connectivity index (χ4v) is 3.54. The molecule has 0 aliphatic rings. The summed E-state index contributed by atoms with van der Waals surface area (Å²) in [7, 11) is 3.18. The fraction of sp³-hybridized carbons (Fsp3) is 0.259. The third-order valence-electron chi connectivity index (χ3n) is 5.53. The number of carbonyl (C=O) groups is 2. The molecule has 0 saturated carbocycles. The average Bonchev–Trinajstić information content (AvgIpc) is 2.81. The molecule has 0 fully saturated rings. The molecule has 2 N–H and O–H groups in total. The van der Waals surface area contributed by atoms with Gasteiger partial charge >= 0.3 is 0 Å². The van der Waals surface area contributed by atoms with Crippen LogP contribution in [0.5, 0.6) is 11.5 Å². The lowest BCUT2D eigenvalue weighted by atomic mass is 10.0. The van der Waals surface area contributed by atoms with E-state index < -0.39 is 0 Å². The second-order valence-corrected chi connectivity index (χ2v) is 7.88. The quantitative estimate of drug-likeness (QED) is 0.508. The molecule has 0 radical (unpaired) electrons. The van der Waals surface area contributed by atoms with Gasteiger partial charge in [-0.25, -0.2) is 0 Å². The Kier molecular flexibility index (Phi) is 8.08. The van der Waals surface area contributed by atoms with E-state index >= 15 is 0 Å². The summed E-state index contributed by atoms with van der Waals surface area (Å²) >= 11 is 0. The second-order valence-electron chi connectivity index (χ2n) is 7.88. The number of hydrogen-bond donors (Lipinski definition) is 2. The van der Waals surface area contributed by atoms with Gasteiger partial charge in [0.05, 0.1) is 31.9 Å². The molecule has 172 valence electrons. The molecular formula is C27H30N2O4. The van der Waals surface area contributed by atoms with E-state index in [9.17, 15) is 9.59 Å². The van der Waals surface area contributed by atoms with Gasteiger partial charge in [-0.1, -0.05) is 36.4 Å². The largest absolute Gasteiger partial charge is 0.493 e. The molecular weight excluding hydrogens is 416 g/mol. The number of nitrogens with one attached hydrogen (secondary N) is 2. The van der Waals surface area contributed by atoms with E-state index in [-0.39, 0.29) is 18.2 Å². The van der Waals surface area contributed by atoms with E-state index in [2.05, 4.69) is 10.6 Å². The van der Waals surface area contributed by atoms with Gasteiger partial charge in [-0.2, -0.15) is 0 Å². The van der Waals surface area contributed by atoms with Crippen LogP contribution in [-0.4, -0.2) is 32.6 Å². The van der Waals surface area contributed by atoms with Crippen molar-refractivity contribution in [1.82, 2.24) is 5.32 Å². The molecule has 0 spiro atoms. The number of methoxy groups -OCH3 is 2. The number of hydrogen-bond acceptors (Lipinski definition) is 4. The zero-order valence-corrected chi connectivity index (χ0v) is 19.5. The monoisotopic (exact) mass is 446 g/mol. The highest BCUT2D eigenvalue weighted by Gasteiger charge is 2.14. The topological polar surface area (TPSA) is 76.7 Å². The summed E-state index contributed by atoms with van der Waals surface area (Å²) in [5.74, 6) is 0.912. The van der Waals surface area contributed by atoms with Gasteiger partial charge in [0, 0.05) is 6.54 Å². The first kappa shape index (κ1) is 23.9. The summed E-state index contributed by atoms with van der Waals surface area (Å²) in [5.41, 5.74) is 5.22. The molecule has 0 bridgehead atoms. The number of anilines is 1. The Morgan fingerprint density at radius 1 is 0.818 bits per heavy atom. The van der Waals surface area contributed by atoms with Crippen molar-refractivity contribution in [1.29, 1.82) is 0 Å². The first-order chi connectivity index (χ1) is 15.9. The molecule has 0 aromatic heterocycles. The van der Waals surface area contributed by atoms with Gasteiger partial charge < -0.3 is 20.1 Å². The number of benzene rings is 3. The summed E-state index contributed by atoms with van der Waals surface area (Å²) in [6.45, 7) is 4.51. The Morgan fingerprint density at radius 3 is 2.27 bits per heavy atom. The first-order valence-corrected chi connectivity index (χ1v) is 10.9. The van der Waals surface area contributed by atoms with E-state index in [1.54, 1.807) is 38.5 Å². The number of para-hydroxylation sites is 1. The van der Waals surface area contributed by atoms with Gasteiger partial charge in [0.25, 0.3) is 5.91 Å². The van der Waals surface area contributed by atoms with E-state index in [0.717, 1.165) is 16.7 Å². The van der Waals surface area contributed by atoms with Gasteiger partial charge in [0.15, 0.2) is 11.5 Å². The minimum Gasteiger partial charge on any atom is -0.493 e. The van der Waals surface area contributed by atoms with E-state index in [0.29, 0.717) is 35.7 Å². The maximum absolute atomic E-state index is 12.8. The molecule has 33 heavy (non-hydrogen) atoms. The molecule has 2 amide bonds. The van der Waals surface area contributed by atoms with Crippen molar-refractivity contribution in [2.45, 2.75) is 26.7 Å². The summed E-state index contributed by atoms with van der Waals surface area (Å²) < 4.78 is 10.6. The number of carbonyl (C=O) groups excluding carboxylic acids is 2. The summed E-state index contributed by atoms with van der Waals surface area (Å²) in [6.07, 6.45) is 0.879. The van der Waals surface area contributed by atoms with E-state index in [1.165, 1.54) is 5.56 Å². The SMILES string of the molecule is COc1ccc(CCNC(=O)c2ccccc2NC(=O)Cc2ccc(C)c(C)c2)cc1OC.